The molecule has 164 valence electrons. The minimum atomic E-state index is -0.0176. The topological polar surface area (TPSA) is 66.9 Å². The lowest BCUT2D eigenvalue weighted by atomic mass is 10.1. The molecular weight excluding hydrogens is 412 g/mol. The molecule has 0 spiro atoms. The van der Waals surface area contributed by atoms with Crippen LogP contribution in [0.25, 0.3) is 10.2 Å². The second-order valence-corrected chi connectivity index (χ2v) is 8.57. The van der Waals surface area contributed by atoms with Crippen molar-refractivity contribution in [2.24, 2.45) is 0 Å². The number of carbonyl (C=O) groups is 1. The van der Waals surface area contributed by atoms with E-state index in [1.807, 2.05) is 43.3 Å². The molecule has 1 aromatic heterocycles. The first-order valence-electron chi connectivity index (χ1n) is 10.4. The fraction of sp³-hybridized carbons (Fsp3) is 0.391. The number of aromatic nitrogens is 1. The van der Waals surface area contributed by atoms with Gasteiger partial charge in [0.1, 0.15) is 21.7 Å². The SMILES string of the molecule is COc1ccc(OC)c2sc(N3CCN(CCNC(=O)c4ccc(C)cc4)CC3)nc12. The first-order chi connectivity index (χ1) is 15.1. The Morgan fingerprint density at radius 3 is 2.39 bits per heavy atom. The summed E-state index contributed by atoms with van der Waals surface area (Å²) in [5.41, 5.74) is 2.71. The van der Waals surface area contributed by atoms with Gasteiger partial charge >= 0.3 is 0 Å². The third-order valence-corrected chi connectivity index (χ3v) is 6.70. The number of thiazole rings is 1. The molecule has 3 aromatic rings. The zero-order valence-corrected chi connectivity index (χ0v) is 19.0. The molecule has 0 saturated carbocycles. The third kappa shape index (κ3) is 4.75. The van der Waals surface area contributed by atoms with Gasteiger partial charge in [0.15, 0.2) is 5.13 Å². The molecule has 1 aliphatic heterocycles. The van der Waals surface area contributed by atoms with Crippen LogP contribution in [0.4, 0.5) is 5.13 Å². The molecule has 7 nitrogen and oxygen atoms in total. The van der Waals surface area contributed by atoms with Crippen LogP contribution in [0.2, 0.25) is 0 Å². The van der Waals surface area contributed by atoms with Gasteiger partial charge in [-0.3, -0.25) is 9.69 Å². The van der Waals surface area contributed by atoms with E-state index in [1.165, 1.54) is 0 Å². The molecule has 0 aliphatic carbocycles. The van der Waals surface area contributed by atoms with E-state index < -0.39 is 0 Å². The maximum absolute atomic E-state index is 12.3. The number of anilines is 1. The Bertz CT molecular complexity index is 1000. The number of aryl methyl sites for hydroxylation is 1. The standard InChI is InChI=1S/C23H28N4O3S/c1-16-4-6-17(7-5-16)22(28)24-10-11-26-12-14-27(15-13-26)23-25-20-18(29-2)8-9-19(30-3)21(20)31-23/h4-9H,10-15H2,1-3H3,(H,24,28). The molecule has 8 heteroatoms. The van der Waals surface area contributed by atoms with Crippen LogP contribution < -0.4 is 19.7 Å². The number of hydrogen-bond acceptors (Lipinski definition) is 7. The number of methoxy groups -OCH3 is 2. The minimum absolute atomic E-state index is 0.0176. The number of piperazine rings is 1. The van der Waals surface area contributed by atoms with Gasteiger partial charge < -0.3 is 19.7 Å². The second kappa shape index (κ2) is 9.53. The van der Waals surface area contributed by atoms with Crippen molar-refractivity contribution in [2.75, 3.05) is 58.4 Å². The Morgan fingerprint density at radius 1 is 1.03 bits per heavy atom. The van der Waals surface area contributed by atoms with Gasteiger partial charge in [0.05, 0.1) is 14.2 Å². The van der Waals surface area contributed by atoms with Crippen molar-refractivity contribution in [1.29, 1.82) is 0 Å². The average molecular weight is 441 g/mol. The third-order valence-electron chi connectivity index (χ3n) is 5.57. The fourth-order valence-corrected chi connectivity index (χ4v) is 4.83. The molecular formula is C23H28N4O3S. The number of benzene rings is 2. The number of carbonyl (C=O) groups excluding carboxylic acids is 1. The van der Waals surface area contributed by atoms with Crippen molar-refractivity contribution in [3.8, 4) is 11.5 Å². The Morgan fingerprint density at radius 2 is 1.71 bits per heavy atom. The normalized spacial score (nSPS) is 14.6. The van der Waals surface area contributed by atoms with Gasteiger partial charge in [0, 0.05) is 44.8 Å². The van der Waals surface area contributed by atoms with Gasteiger partial charge in [-0.15, -0.1) is 0 Å². The maximum atomic E-state index is 12.3. The zero-order chi connectivity index (χ0) is 21.8. The van der Waals surface area contributed by atoms with Crippen LogP contribution in [0.3, 0.4) is 0 Å². The highest BCUT2D eigenvalue weighted by Crippen LogP contribution is 2.40. The minimum Gasteiger partial charge on any atom is -0.495 e. The lowest BCUT2D eigenvalue weighted by molar-refractivity contribution is 0.0948. The number of fused-ring (bicyclic) bond motifs is 1. The molecule has 1 fully saturated rings. The van der Waals surface area contributed by atoms with Crippen LogP contribution in [-0.4, -0.2) is 69.3 Å². The van der Waals surface area contributed by atoms with Crippen LogP contribution in [0.15, 0.2) is 36.4 Å². The molecule has 4 rings (SSSR count). The molecule has 31 heavy (non-hydrogen) atoms. The van der Waals surface area contributed by atoms with E-state index in [0.717, 1.165) is 65.1 Å². The second-order valence-electron chi connectivity index (χ2n) is 7.59. The monoisotopic (exact) mass is 440 g/mol. The van der Waals surface area contributed by atoms with Gasteiger partial charge in [-0.25, -0.2) is 4.98 Å². The summed E-state index contributed by atoms with van der Waals surface area (Å²) in [6.07, 6.45) is 0. The average Bonchev–Trinajstić information content (AvgIpc) is 3.25. The maximum Gasteiger partial charge on any atom is 0.251 e. The van der Waals surface area contributed by atoms with E-state index in [4.69, 9.17) is 14.5 Å². The molecule has 1 aliphatic rings. The summed E-state index contributed by atoms with van der Waals surface area (Å²) in [5.74, 6) is 1.57. The van der Waals surface area contributed by atoms with Crippen molar-refractivity contribution >= 4 is 32.6 Å². The predicted octanol–water partition coefficient (Wildman–Crippen LogP) is 3.17. The van der Waals surface area contributed by atoms with E-state index in [1.54, 1.807) is 25.6 Å². The summed E-state index contributed by atoms with van der Waals surface area (Å²) < 4.78 is 12.0. The van der Waals surface area contributed by atoms with Crippen molar-refractivity contribution < 1.29 is 14.3 Å². The van der Waals surface area contributed by atoms with Crippen molar-refractivity contribution in [1.82, 2.24) is 15.2 Å². The summed E-state index contributed by atoms with van der Waals surface area (Å²) in [7, 11) is 3.34. The Balaban J connectivity index is 1.30. The van der Waals surface area contributed by atoms with Crippen molar-refractivity contribution in [3.05, 3.63) is 47.5 Å². The number of rotatable bonds is 7. The highest BCUT2D eigenvalue weighted by molar-refractivity contribution is 7.22. The summed E-state index contributed by atoms with van der Waals surface area (Å²) in [4.78, 5) is 21.8. The molecule has 1 saturated heterocycles. The van der Waals surface area contributed by atoms with E-state index >= 15 is 0 Å². The molecule has 0 atom stereocenters. The van der Waals surface area contributed by atoms with Gasteiger partial charge in [0.2, 0.25) is 0 Å². The largest absolute Gasteiger partial charge is 0.495 e. The number of nitrogens with one attached hydrogen (secondary N) is 1. The predicted molar refractivity (Wildman–Crippen MR) is 125 cm³/mol. The molecule has 2 aromatic carbocycles. The van der Waals surface area contributed by atoms with Crippen LogP contribution in [-0.2, 0) is 0 Å². The van der Waals surface area contributed by atoms with Crippen molar-refractivity contribution in [2.45, 2.75) is 6.92 Å². The molecule has 0 radical (unpaired) electrons. The quantitative estimate of drug-likeness (QED) is 0.609. The highest BCUT2D eigenvalue weighted by atomic mass is 32.1. The molecule has 0 unspecified atom stereocenters. The Kier molecular flexibility index (Phi) is 6.58. The first-order valence-corrected chi connectivity index (χ1v) is 11.2. The van der Waals surface area contributed by atoms with Crippen LogP contribution in [0.1, 0.15) is 15.9 Å². The van der Waals surface area contributed by atoms with E-state index in [9.17, 15) is 4.79 Å². The molecule has 1 N–H and O–H groups in total. The fourth-order valence-electron chi connectivity index (χ4n) is 3.71. The number of amides is 1. The van der Waals surface area contributed by atoms with E-state index in [2.05, 4.69) is 15.1 Å². The van der Waals surface area contributed by atoms with Gasteiger partial charge in [-0.2, -0.15) is 0 Å². The van der Waals surface area contributed by atoms with Gasteiger partial charge in [0.25, 0.3) is 5.91 Å². The van der Waals surface area contributed by atoms with Crippen LogP contribution in [0, 0.1) is 6.92 Å². The first kappa shape index (κ1) is 21.4. The summed E-state index contributed by atoms with van der Waals surface area (Å²) >= 11 is 1.64. The van der Waals surface area contributed by atoms with E-state index in [0.29, 0.717) is 12.1 Å². The zero-order valence-electron chi connectivity index (χ0n) is 18.2. The van der Waals surface area contributed by atoms with E-state index in [-0.39, 0.29) is 5.91 Å². The summed E-state index contributed by atoms with van der Waals surface area (Å²) in [6, 6.07) is 11.5. The lowest BCUT2D eigenvalue weighted by Gasteiger charge is -2.34. The highest BCUT2D eigenvalue weighted by Gasteiger charge is 2.22. The number of hydrogen-bond donors (Lipinski definition) is 1. The summed E-state index contributed by atoms with van der Waals surface area (Å²) in [6.45, 7) is 7.17. The molecule has 2 heterocycles. The summed E-state index contributed by atoms with van der Waals surface area (Å²) in [5, 5.41) is 4.01. The van der Waals surface area contributed by atoms with Gasteiger partial charge in [-0.05, 0) is 31.2 Å². The number of ether oxygens (including phenoxy) is 2. The Labute approximate surface area is 186 Å². The molecule has 0 bridgehead atoms. The lowest BCUT2D eigenvalue weighted by Crippen LogP contribution is -2.48. The van der Waals surface area contributed by atoms with Gasteiger partial charge in [-0.1, -0.05) is 29.0 Å². The Hall–Kier alpha value is -2.84. The number of nitrogens with zero attached hydrogens (tertiary/aromatic N) is 3. The van der Waals surface area contributed by atoms with Crippen LogP contribution in [0.5, 0.6) is 11.5 Å². The smallest absolute Gasteiger partial charge is 0.251 e. The molecule has 1 amide bonds. The van der Waals surface area contributed by atoms with Crippen molar-refractivity contribution in [3.63, 3.8) is 0 Å². The van der Waals surface area contributed by atoms with Crippen LogP contribution >= 0.6 is 11.3 Å².